The van der Waals surface area contributed by atoms with E-state index < -0.39 is 0 Å². The molecular weight excluding hydrogens is 280 g/mol. The van der Waals surface area contributed by atoms with Crippen molar-refractivity contribution < 1.29 is 4.79 Å². The number of hydrogen-bond donors (Lipinski definition) is 1. The van der Waals surface area contributed by atoms with Gasteiger partial charge in [-0.3, -0.25) is 4.79 Å². The van der Waals surface area contributed by atoms with E-state index in [1.807, 2.05) is 18.7 Å². The molecule has 0 spiro atoms. The molecule has 4 heteroatoms. The fraction of sp³-hybridized carbons (Fsp3) is 0.941. The molecule has 1 atom stereocenters. The predicted octanol–water partition coefficient (Wildman–Crippen LogP) is 3.43. The molecule has 21 heavy (non-hydrogen) atoms. The Morgan fingerprint density at radius 2 is 1.67 bits per heavy atom. The molecule has 2 aliphatic rings. The van der Waals surface area contributed by atoms with E-state index in [1.165, 1.54) is 57.8 Å². The van der Waals surface area contributed by atoms with Crippen LogP contribution in [0.2, 0.25) is 0 Å². The molecule has 3 nitrogen and oxygen atoms in total. The van der Waals surface area contributed by atoms with Gasteiger partial charge >= 0.3 is 0 Å². The van der Waals surface area contributed by atoms with Gasteiger partial charge in [-0.1, -0.05) is 32.1 Å². The second-order valence-electron chi connectivity index (χ2n) is 6.79. The van der Waals surface area contributed by atoms with Crippen molar-refractivity contribution in [3.63, 3.8) is 0 Å². The number of rotatable bonds is 5. The van der Waals surface area contributed by atoms with Crippen LogP contribution in [0.1, 0.15) is 64.7 Å². The highest BCUT2D eigenvalue weighted by Crippen LogP contribution is 2.38. The molecule has 1 saturated carbocycles. The van der Waals surface area contributed by atoms with E-state index in [0.29, 0.717) is 10.7 Å². The van der Waals surface area contributed by atoms with Crippen molar-refractivity contribution in [2.75, 3.05) is 25.9 Å². The first-order valence-electron chi connectivity index (χ1n) is 8.74. The third-order valence-corrected chi connectivity index (χ3v) is 6.63. The summed E-state index contributed by atoms with van der Waals surface area (Å²) in [5.41, 5.74) is 0. The molecule has 122 valence electrons. The minimum absolute atomic E-state index is 0.0333. The van der Waals surface area contributed by atoms with Crippen LogP contribution in [0, 0.1) is 0 Å². The summed E-state index contributed by atoms with van der Waals surface area (Å²) in [5.74, 6) is 0.309. The van der Waals surface area contributed by atoms with Gasteiger partial charge in [0.05, 0.1) is 6.04 Å². The molecule has 1 N–H and O–H groups in total. The molecule has 1 heterocycles. The summed E-state index contributed by atoms with van der Waals surface area (Å²) in [5, 5.41) is 3.55. The lowest BCUT2D eigenvalue weighted by atomic mass is 9.88. The largest absolute Gasteiger partial charge is 0.341 e. The van der Waals surface area contributed by atoms with Crippen LogP contribution in [0.5, 0.6) is 0 Å². The van der Waals surface area contributed by atoms with Crippen LogP contribution in [0.25, 0.3) is 0 Å². The summed E-state index contributed by atoms with van der Waals surface area (Å²) in [6.45, 7) is 4.94. The number of hydrogen-bond acceptors (Lipinski definition) is 3. The van der Waals surface area contributed by atoms with Crippen LogP contribution in [-0.2, 0) is 4.79 Å². The molecule has 0 bridgehead atoms. The van der Waals surface area contributed by atoms with E-state index in [9.17, 15) is 4.79 Å². The minimum atomic E-state index is -0.0333. The Kier molecular flexibility index (Phi) is 6.87. The standard InChI is InChI=1S/C17H32N2OS/c1-15(16(20)19-12-8-3-4-9-13-19)18-14-17(21-2)10-6-5-7-11-17/h15,18H,3-14H2,1-2H3. The number of carbonyl (C=O) groups is 1. The molecular formula is C17H32N2OS. The van der Waals surface area contributed by atoms with Gasteiger partial charge in [0.15, 0.2) is 0 Å². The molecule has 1 amide bonds. The lowest BCUT2D eigenvalue weighted by Gasteiger charge is -2.37. The molecule has 0 radical (unpaired) electrons. The number of amides is 1. The fourth-order valence-electron chi connectivity index (χ4n) is 3.64. The van der Waals surface area contributed by atoms with Gasteiger partial charge in [-0.05, 0) is 38.9 Å². The zero-order valence-electron chi connectivity index (χ0n) is 13.8. The summed E-state index contributed by atoms with van der Waals surface area (Å²) in [6.07, 6.45) is 13.8. The van der Waals surface area contributed by atoms with Crippen LogP contribution in [-0.4, -0.2) is 47.5 Å². The van der Waals surface area contributed by atoms with Crippen LogP contribution in [0.4, 0.5) is 0 Å². The topological polar surface area (TPSA) is 32.3 Å². The van der Waals surface area contributed by atoms with Crippen LogP contribution in [0.3, 0.4) is 0 Å². The summed E-state index contributed by atoms with van der Waals surface area (Å²) >= 11 is 2.00. The highest BCUT2D eigenvalue weighted by molar-refractivity contribution is 8.00. The SMILES string of the molecule is CSC1(CNC(C)C(=O)N2CCCCCC2)CCCCC1. The van der Waals surface area contributed by atoms with E-state index in [4.69, 9.17) is 0 Å². The van der Waals surface area contributed by atoms with Crippen molar-refractivity contribution >= 4 is 17.7 Å². The van der Waals surface area contributed by atoms with E-state index in [-0.39, 0.29) is 6.04 Å². The van der Waals surface area contributed by atoms with Crippen molar-refractivity contribution in [3.8, 4) is 0 Å². The lowest BCUT2D eigenvalue weighted by Crippen LogP contribution is -2.49. The van der Waals surface area contributed by atoms with Gasteiger partial charge in [-0.2, -0.15) is 11.8 Å². The Bertz CT molecular complexity index is 321. The zero-order valence-corrected chi connectivity index (χ0v) is 14.6. The Morgan fingerprint density at radius 1 is 1.10 bits per heavy atom. The fourth-order valence-corrected chi connectivity index (χ4v) is 4.57. The van der Waals surface area contributed by atoms with Gasteiger partial charge in [0, 0.05) is 24.4 Å². The average Bonchev–Trinajstić information content (AvgIpc) is 2.82. The maximum Gasteiger partial charge on any atom is 0.239 e. The van der Waals surface area contributed by atoms with Crippen molar-refractivity contribution in [1.82, 2.24) is 10.2 Å². The molecule has 1 aliphatic heterocycles. The first kappa shape index (κ1) is 17.1. The van der Waals surface area contributed by atoms with Crippen molar-refractivity contribution in [1.29, 1.82) is 0 Å². The molecule has 1 unspecified atom stereocenters. The van der Waals surface area contributed by atoms with Crippen molar-refractivity contribution in [2.45, 2.75) is 75.5 Å². The molecule has 0 aromatic rings. The maximum atomic E-state index is 12.6. The quantitative estimate of drug-likeness (QED) is 0.844. The van der Waals surface area contributed by atoms with Gasteiger partial charge < -0.3 is 10.2 Å². The van der Waals surface area contributed by atoms with E-state index in [2.05, 4.69) is 16.5 Å². The number of nitrogens with zero attached hydrogens (tertiary/aromatic N) is 1. The first-order chi connectivity index (χ1) is 10.2. The lowest BCUT2D eigenvalue weighted by molar-refractivity contribution is -0.133. The number of nitrogens with one attached hydrogen (secondary N) is 1. The summed E-state index contributed by atoms with van der Waals surface area (Å²) in [4.78, 5) is 14.7. The molecule has 2 fully saturated rings. The van der Waals surface area contributed by atoms with Gasteiger partial charge in [-0.15, -0.1) is 0 Å². The third kappa shape index (κ3) is 4.88. The third-order valence-electron chi connectivity index (χ3n) is 5.22. The highest BCUT2D eigenvalue weighted by Gasteiger charge is 2.32. The number of thioether (sulfide) groups is 1. The molecule has 2 rings (SSSR count). The smallest absolute Gasteiger partial charge is 0.239 e. The maximum absolute atomic E-state index is 12.6. The second kappa shape index (κ2) is 8.42. The summed E-state index contributed by atoms with van der Waals surface area (Å²) in [6, 6.07) is -0.0333. The Hall–Kier alpha value is -0.220. The number of carbonyl (C=O) groups excluding carboxylic acids is 1. The molecule has 0 aromatic heterocycles. The summed E-state index contributed by atoms with van der Waals surface area (Å²) < 4.78 is 0.367. The van der Waals surface area contributed by atoms with Crippen LogP contribution >= 0.6 is 11.8 Å². The monoisotopic (exact) mass is 312 g/mol. The van der Waals surface area contributed by atoms with Crippen LogP contribution < -0.4 is 5.32 Å². The van der Waals surface area contributed by atoms with Crippen molar-refractivity contribution in [3.05, 3.63) is 0 Å². The average molecular weight is 313 g/mol. The zero-order chi connectivity index (χ0) is 15.1. The molecule has 0 aromatic carbocycles. The molecule has 1 saturated heterocycles. The van der Waals surface area contributed by atoms with E-state index in [0.717, 1.165) is 19.6 Å². The molecule has 1 aliphatic carbocycles. The van der Waals surface area contributed by atoms with E-state index in [1.54, 1.807) is 0 Å². The van der Waals surface area contributed by atoms with Crippen LogP contribution in [0.15, 0.2) is 0 Å². The van der Waals surface area contributed by atoms with Gasteiger partial charge in [0.2, 0.25) is 5.91 Å². The predicted molar refractivity (Wildman–Crippen MR) is 91.8 cm³/mol. The second-order valence-corrected chi connectivity index (χ2v) is 8.06. The highest BCUT2D eigenvalue weighted by atomic mass is 32.2. The Balaban J connectivity index is 1.82. The Morgan fingerprint density at radius 3 is 2.24 bits per heavy atom. The van der Waals surface area contributed by atoms with Gasteiger partial charge in [0.25, 0.3) is 0 Å². The van der Waals surface area contributed by atoms with Crippen molar-refractivity contribution in [2.24, 2.45) is 0 Å². The normalized spacial score (nSPS) is 24.4. The van der Waals surface area contributed by atoms with Gasteiger partial charge in [0.1, 0.15) is 0 Å². The number of likely N-dealkylation sites (tertiary alicyclic amines) is 1. The first-order valence-corrected chi connectivity index (χ1v) is 9.97. The minimum Gasteiger partial charge on any atom is -0.341 e. The summed E-state index contributed by atoms with van der Waals surface area (Å²) in [7, 11) is 0. The van der Waals surface area contributed by atoms with E-state index >= 15 is 0 Å². The van der Waals surface area contributed by atoms with Gasteiger partial charge in [-0.25, -0.2) is 0 Å². The Labute approximate surface area is 134 Å².